The van der Waals surface area contributed by atoms with E-state index in [0.29, 0.717) is 13.2 Å². The van der Waals surface area contributed by atoms with Crippen LogP contribution < -0.4 is 9.47 Å². The summed E-state index contributed by atoms with van der Waals surface area (Å²) >= 11 is 1.71. The first-order chi connectivity index (χ1) is 9.88. The molecule has 4 nitrogen and oxygen atoms in total. The summed E-state index contributed by atoms with van der Waals surface area (Å²) in [7, 11) is 0. The van der Waals surface area contributed by atoms with Crippen molar-refractivity contribution in [1.82, 2.24) is 9.97 Å². The van der Waals surface area contributed by atoms with E-state index in [-0.39, 0.29) is 0 Å². The van der Waals surface area contributed by atoms with Crippen LogP contribution in [-0.4, -0.2) is 23.2 Å². The maximum atomic E-state index is 5.70. The van der Waals surface area contributed by atoms with Gasteiger partial charge in [0.1, 0.15) is 5.82 Å². The second-order valence-corrected chi connectivity index (χ2v) is 5.64. The molecule has 5 heteroatoms. The molecule has 4 rings (SSSR count). The Morgan fingerprint density at radius 1 is 1.20 bits per heavy atom. The topological polar surface area (TPSA) is 47.1 Å². The molecule has 102 valence electrons. The van der Waals surface area contributed by atoms with Crippen LogP contribution in [0.1, 0.15) is 17.8 Å². The third-order valence-corrected chi connectivity index (χ3v) is 4.08. The highest BCUT2D eigenvalue weighted by molar-refractivity contribution is 7.07. The third kappa shape index (κ3) is 2.14. The molecule has 0 saturated carbocycles. The quantitative estimate of drug-likeness (QED) is 0.785. The van der Waals surface area contributed by atoms with Crippen molar-refractivity contribution in [2.45, 2.75) is 12.8 Å². The first-order valence-corrected chi connectivity index (χ1v) is 7.62. The zero-order valence-electron chi connectivity index (χ0n) is 10.9. The normalized spacial score (nSPS) is 14.4. The standard InChI is InChI=1S/C15H14N2O2S/c1-3-18-13-7-11-12(8-14(13)19-4-1)17-15(16-11)6-10-2-5-20-9-10/h2,5,7-9H,1,3-4,6H2,(H,16,17). The molecule has 3 heterocycles. The summed E-state index contributed by atoms with van der Waals surface area (Å²) in [6.07, 6.45) is 1.74. The number of thiophene rings is 1. The lowest BCUT2D eigenvalue weighted by Crippen LogP contribution is -1.97. The number of H-pyrrole nitrogens is 1. The summed E-state index contributed by atoms with van der Waals surface area (Å²) in [4.78, 5) is 8.00. The molecule has 0 bridgehead atoms. The van der Waals surface area contributed by atoms with Gasteiger partial charge in [-0.25, -0.2) is 4.98 Å². The molecule has 0 atom stereocenters. The molecule has 0 saturated heterocycles. The van der Waals surface area contributed by atoms with Gasteiger partial charge in [-0.3, -0.25) is 0 Å². The van der Waals surface area contributed by atoms with Crippen molar-refractivity contribution in [2.75, 3.05) is 13.2 Å². The van der Waals surface area contributed by atoms with Gasteiger partial charge in [0.05, 0.1) is 24.2 Å². The highest BCUT2D eigenvalue weighted by Crippen LogP contribution is 2.33. The molecule has 0 radical (unpaired) electrons. The number of benzene rings is 1. The van der Waals surface area contributed by atoms with Gasteiger partial charge in [0.25, 0.3) is 0 Å². The molecular formula is C15H14N2O2S. The van der Waals surface area contributed by atoms with Gasteiger partial charge in [-0.05, 0) is 22.4 Å². The SMILES string of the molecule is c1cc(Cc2nc3cc4c(cc3[nH]2)OCCCO4)cs1. The predicted molar refractivity (Wildman–Crippen MR) is 78.8 cm³/mol. The number of aromatic amines is 1. The van der Waals surface area contributed by atoms with E-state index in [9.17, 15) is 0 Å². The highest BCUT2D eigenvalue weighted by atomic mass is 32.1. The van der Waals surface area contributed by atoms with Crippen LogP contribution in [-0.2, 0) is 6.42 Å². The van der Waals surface area contributed by atoms with Crippen LogP contribution in [0.5, 0.6) is 11.5 Å². The Morgan fingerprint density at radius 3 is 2.85 bits per heavy atom. The van der Waals surface area contributed by atoms with Gasteiger partial charge < -0.3 is 14.5 Å². The fourth-order valence-corrected chi connectivity index (χ4v) is 3.06. The van der Waals surface area contributed by atoms with Gasteiger partial charge in [0, 0.05) is 25.0 Å². The Kier molecular flexibility index (Phi) is 2.85. The molecule has 2 aromatic heterocycles. The van der Waals surface area contributed by atoms with Crippen LogP contribution >= 0.6 is 11.3 Å². The molecule has 1 N–H and O–H groups in total. The Hall–Kier alpha value is -2.01. The zero-order chi connectivity index (χ0) is 13.4. The molecule has 0 aliphatic carbocycles. The highest BCUT2D eigenvalue weighted by Gasteiger charge is 2.14. The number of ether oxygens (including phenoxy) is 2. The van der Waals surface area contributed by atoms with Crippen LogP contribution in [0.3, 0.4) is 0 Å². The Balaban J connectivity index is 1.72. The lowest BCUT2D eigenvalue weighted by molar-refractivity contribution is 0.297. The molecule has 0 amide bonds. The van der Waals surface area contributed by atoms with E-state index in [0.717, 1.165) is 41.2 Å². The second-order valence-electron chi connectivity index (χ2n) is 4.86. The second kappa shape index (κ2) is 4.83. The number of imidazole rings is 1. The smallest absolute Gasteiger partial charge is 0.163 e. The summed E-state index contributed by atoms with van der Waals surface area (Å²) in [5, 5.41) is 4.23. The van der Waals surface area contributed by atoms with Crippen molar-refractivity contribution in [2.24, 2.45) is 0 Å². The molecule has 1 aromatic carbocycles. The van der Waals surface area contributed by atoms with Crippen molar-refractivity contribution in [3.05, 3.63) is 40.3 Å². The zero-order valence-corrected chi connectivity index (χ0v) is 11.7. The van der Waals surface area contributed by atoms with Gasteiger partial charge in [-0.2, -0.15) is 11.3 Å². The van der Waals surface area contributed by atoms with Crippen LogP contribution in [0.4, 0.5) is 0 Å². The van der Waals surface area contributed by atoms with Crippen molar-refractivity contribution >= 4 is 22.4 Å². The first-order valence-electron chi connectivity index (χ1n) is 6.68. The van der Waals surface area contributed by atoms with E-state index in [2.05, 4.69) is 26.8 Å². The number of hydrogen-bond acceptors (Lipinski definition) is 4. The Morgan fingerprint density at radius 2 is 2.05 bits per heavy atom. The first kappa shape index (κ1) is 11.8. The van der Waals surface area contributed by atoms with Crippen molar-refractivity contribution in [3.8, 4) is 11.5 Å². The van der Waals surface area contributed by atoms with Gasteiger partial charge >= 0.3 is 0 Å². The van der Waals surface area contributed by atoms with Crippen LogP contribution in [0.15, 0.2) is 29.0 Å². The summed E-state index contributed by atoms with van der Waals surface area (Å²) in [6, 6.07) is 6.07. The average Bonchev–Trinajstić information content (AvgIpc) is 3.01. The maximum Gasteiger partial charge on any atom is 0.163 e. The monoisotopic (exact) mass is 286 g/mol. The van der Waals surface area contributed by atoms with Crippen molar-refractivity contribution in [3.63, 3.8) is 0 Å². The van der Waals surface area contributed by atoms with E-state index in [4.69, 9.17) is 9.47 Å². The minimum atomic E-state index is 0.699. The Labute approximate surface area is 120 Å². The molecule has 20 heavy (non-hydrogen) atoms. The summed E-state index contributed by atoms with van der Waals surface area (Å²) < 4.78 is 11.4. The van der Waals surface area contributed by atoms with Crippen LogP contribution in [0.2, 0.25) is 0 Å². The van der Waals surface area contributed by atoms with E-state index in [1.165, 1.54) is 5.56 Å². The molecule has 0 unspecified atom stereocenters. The minimum Gasteiger partial charge on any atom is -0.489 e. The number of hydrogen-bond donors (Lipinski definition) is 1. The van der Waals surface area contributed by atoms with Gasteiger partial charge in [0.15, 0.2) is 11.5 Å². The number of fused-ring (bicyclic) bond motifs is 2. The number of rotatable bonds is 2. The van der Waals surface area contributed by atoms with E-state index in [1.54, 1.807) is 11.3 Å². The largest absolute Gasteiger partial charge is 0.489 e. The molecule has 1 aliphatic rings. The summed E-state index contributed by atoms with van der Waals surface area (Å²) in [5.74, 6) is 2.57. The molecule has 0 spiro atoms. The van der Waals surface area contributed by atoms with E-state index in [1.807, 2.05) is 12.1 Å². The lowest BCUT2D eigenvalue weighted by Gasteiger charge is -2.05. The fraction of sp³-hybridized carbons (Fsp3) is 0.267. The predicted octanol–water partition coefficient (Wildman–Crippen LogP) is 3.38. The third-order valence-electron chi connectivity index (χ3n) is 3.35. The van der Waals surface area contributed by atoms with Gasteiger partial charge in [-0.15, -0.1) is 0 Å². The molecule has 3 aromatic rings. The molecule has 1 aliphatic heterocycles. The van der Waals surface area contributed by atoms with Crippen LogP contribution in [0.25, 0.3) is 11.0 Å². The number of nitrogens with zero attached hydrogens (tertiary/aromatic N) is 1. The van der Waals surface area contributed by atoms with E-state index < -0.39 is 0 Å². The number of nitrogens with one attached hydrogen (secondary N) is 1. The Bertz CT molecular complexity index is 691. The van der Waals surface area contributed by atoms with Gasteiger partial charge in [0.2, 0.25) is 0 Å². The fourth-order valence-electron chi connectivity index (χ4n) is 2.39. The van der Waals surface area contributed by atoms with E-state index >= 15 is 0 Å². The average molecular weight is 286 g/mol. The summed E-state index contributed by atoms with van der Waals surface area (Å²) in [6.45, 7) is 1.40. The van der Waals surface area contributed by atoms with Crippen molar-refractivity contribution in [1.29, 1.82) is 0 Å². The molecule has 0 fully saturated rings. The van der Waals surface area contributed by atoms with Gasteiger partial charge in [-0.1, -0.05) is 0 Å². The lowest BCUT2D eigenvalue weighted by atomic mass is 10.2. The number of aromatic nitrogens is 2. The van der Waals surface area contributed by atoms with Crippen molar-refractivity contribution < 1.29 is 9.47 Å². The minimum absolute atomic E-state index is 0.699. The van der Waals surface area contributed by atoms with Crippen LogP contribution in [0, 0.1) is 0 Å². The molecular weight excluding hydrogens is 272 g/mol. The maximum absolute atomic E-state index is 5.70. The summed E-state index contributed by atoms with van der Waals surface area (Å²) in [5.41, 5.74) is 3.21.